The summed E-state index contributed by atoms with van der Waals surface area (Å²) in [5.74, 6) is -0.907. The van der Waals surface area contributed by atoms with E-state index in [2.05, 4.69) is 30.8 Å². The third-order valence-corrected chi connectivity index (χ3v) is 7.83. The minimum absolute atomic E-state index is 0.0151. The van der Waals surface area contributed by atoms with Crippen LogP contribution < -0.4 is 20.7 Å². The fourth-order valence-electron chi connectivity index (χ4n) is 5.38. The van der Waals surface area contributed by atoms with E-state index in [1.165, 1.54) is 6.07 Å². The number of H-pyrrole nitrogens is 1. The fourth-order valence-corrected chi connectivity index (χ4v) is 5.38. The molecular formula is C33H31F3N6O3. The summed E-state index contributed by atoms with van der Waals surface area (Å²) in [4.78, 5) is 35.1. The number of nitrogens with zero attached hydrogens (tertiary/aromatic N) is 2. The van der Waals surface area contributed by atoms with Gasteiger partial charge in [-0.1, -0.05) is 12.1 Å². The normalized spacial score (nSPS) is 16.4. The highest BCUT2D eigenvalue weighted by Crippen LogP contribution is 2.37. The van der Waals surface area contributed by atoms with Crippen LogP contribution in [0, 0.1) is 6.92 Å². The van der Waals surface area contributed by atoms with E-state index in [-0.39, 0.29) is 23.3 Å². The van der Waals surface area contributed by atoms with Crippen LogP contribution in [0.1, 0.15) is 45.7 Å². The van der Waals surface area contributed by atoms with Crippen molar-refractivity contribution in [3.63, 3.8) is 0 Å². The number of nitrogens with one attached hydrogen (secondary N) is 4. The second-order valence-corrected chi connectivity index (χ2v) is 11.2. The van der Waals surface area contributed by atoms with E-state index in [1.807, 2.05) is 26.1 Å². The van der Waals surface area contributed by atoms with Gasteiger partial charge in [-0.15, -0.1) is 0 Å². The van der Waals surface area contributed by atoms with E-state index in [0.29, 0.717) is 41.2 Å². The number of alkyl halides is 3. The molecular weight excluding hydrogens is 585 g/mol. The Bertz CT molecular complexity index is 1790. The zero-order valence-electron chi connectivity index (χ0n) is 24.6. The predicted octanol–water partition coefficient (Wildman–Crippen LogP) is 6.70. The molecule has 12 heteroatoms. The van der Waals surface area contributed by atoms with Gasteiger partial charge in [0.25, 0.3) is 11.8 Å². The van der Waals surface area contributed by atoms with Gasteiger partial charge in [0.15, 0.2) is 0 Å². The number of aromatic amines is 1. The van der Waals surface area contributed by atoms with Crippen LogP contribution in [0.4, 0.5) is 35.9 Å². The number of aryl methyl sites for hydroxylation is 1. The van der Waals surface area contributed by atoms with E-state index in [0.717, 1.165) is 42.2 Å². The first-order chi connectivity index (χ1) is 21.5. The van der Waals surface area contributed by atoms with Gasteiger partial charge in [0.2, 0.25) is 0 Å². The molecule has 0 radical (unpaired) electrons. The number of ether oxygens (including phenoxy) is 1. The van der Waals surface area contributed by atoms with Crippen molar-refractivity contribution < 1.29 is 27.5 Å². The van der Waals surface area contributed by atoms with Crippen molar-refractivity contribution in [3.05, 3.63) is 95.1 Å². The van der Waals surface area contributed by atoms with Crippen LogP contribution in [0.25, 0.3) is 11.6 Å². The number of imidazole rings is 1. The molecule has 0 spiro atoms. The number of anilines is 4. The number of benzene rings is 3. The van der Waals surface area contributed by atoms with E-state index >= 15 is 0 Å². The first-order valence-electron chi connectivity index (χ1n) is 14.5. The molecule has 1 fully saturated rings. The van der Waals surface area contributed by atoms with Crippen molar-refractivity contribution in [1.29, 1.82) is 0 Å². The second kappa shape index (κ2) is 12.1. The number of carbonyl (C=O) groups excluding carboxylic acids is 2. The number of hydrogen-bond acceptors (Lipinski definition) is 6. The molecule has 4 aromatic rings. The molecule has 2 aliphatic heterocycles. The Kier molecular flexibility index (Phi) is 8.07. The van der Waals surface area contributed by atoms with Gasteiger partial charge in [-0.3, -0.25) is 9.59 Å². The average Bonchev–Trinajstić information content (AvgIpc) is 3.55. The summed E-state index contributed by atoms with van der Waals surface area (Å²) >= 11 is 0. The summed E-state index contributed by atoms with van der Waals surface area (Å²) in [6, 6.07) is 15.4. The van der Waals surface area contributed by atoms with Gasteiger partial charge in [0, 0.05) is 41.3 Å². The van der Waals surface area contributed by atoms with Crippen LogP contribution in [0.15, 0.2) is 67.0 Å². The highest BCUT2D eigenvalue weighted by atomic mass is 19.4. The molecule has 4 N–H and O–H groups in total. The van der Waals surface area contributed by atoms with Crippen LogP contribution in [-0.4, -0.2) is 52.9 Å². The van der Waals surface area contributed by atoms with Gasteiger partial charge in [0.05, 0.1) is 34.5 Å². The fraction of sp³-hybridized carbons (Fsp3) is 0.242. The smallest absolute Gasteiger partial charge is 0.416 e. The minimum Gasteiger partial charge on any atom is -0.490 e. The molecule has 1 aromatic heterocycles. The number of fused-ring (bicyclic) bond motifs is 1. The number of rotatable bonds is 7. The molecule has 9 nitrogen and oxygen atoms in total. The molecule has 0 bridgehead atoms. The van der Waals surface area contributed by atoms with Gasteiger partial charge in [-0.2, -0.15) is 13.2 Å². The standard InChI is InChI=1S/C33H31F3N6O3/c1-19-29(38-18-37-19)17-28-27-7-6-24(16-30(27)41-32(28)44)39-22-4-3-5-23(15-22)40-31(43)20-12-21(33(34,35)36)14-26(13-20)45-25-8-10-42(2)11-9-25/h3-7,12-18,25,39H,8-11H2,1-2H3,(H,37,38)(H,40,43)(H,41,44). The van der Waals surface area contributed by atoms with Gasteiger partial charge >= 0.3 is 6.18 Å². The minimum atomic E-state index is -4.64. The van der Waals surface area contributed by atoms with Crippen molar-refractivity contribution >= 4 is 46.2 Å². The van der Waals surface area contributed by atoms with E-state index in [9.17, 15) is 22.8 Å². The molecule has 0 unspecified atom stereocenters. The summed E-state index contributed by atoms with van der Waals surface area (Å²) in [6.07, 6.45) is -0.159. The third kappa shape index (κ3) is 6.86. The molecule has 6 rings (SSSR count). The Morgan fingerprint density at radius 2 is 1.80 bits per heavy atom. The van der Waals surface area contributed by atoms with E-state index < -0.39 is 17.6 Å². The molecule has 0 saturated carbocycles. The lowest BCUT2D eigenvalue weighted by atomic mass is 10.0. The topological polar surface area (TPSA) is 111 Å². The maximum Gasteiger partial charge on any atom is 0.416 e. The quantitative estimate of drug-likeness (QED) is 0.172. The van der Waals surface area contributed by atoms with Crippen molar-refractivity contribution in [3.8, 4) is 5.75 Å². The highest BCUT2D eigenvalue weighted by Gasteiger charge is 2.33. The van der Waals surface area contributed by atoms with Crippen LogP contribution in [0.3, 0.4) is 0 Å². The summed E-state index contributed by atoms with van der Waals surface area (Å²) in [7, 11) is 1.98. The second-order valence-electron chi connectivity index (χ2n) is 11.2. The van der Waals surface area contributed by atoms with Crippen molar-refractivity contribution in [2.75, 3.05) is 36.1 Å². The van der Waals surface area contributed by atoms with Crippen molar-refractivity contribution in [2.45, 2.75) is 32.0 Å². The number of halogens is 3. The summed E-state index contributed by atoms with van der Waals surface area (Å²) in [6.45, 7) is 3.42. The molecule has 3 aromatic carbocycles. The number of carbonyl (C=O) groups is 2. The molecule has 0 atom stereocenters. The maximum absolute atomic E-state index is 13.7. The lowest BCUT2D eigenvalue weighted by Crippen LogP contribution is -2.35. The number of amides is 2. The Balaban J connectivity index is 1.17. The molecule has 45 heavy (non-hydrogen) atoms. The number of likely N-dealkylation sites (tertiary alicyclic amines) is 1. The number of piperidine rings is 1. The van der Waals surface area contributed by atoms with Gasteiger partial charge in [-0.05, 0) is 81.4 Å². The largest absolute Gasteiger partial charge is 0.490 e. The van der Waals surface area contributed by atoms with Gasteiger partial charge < -0.3 is 30.6 Å². The van der Waals surface area contributed by atoms with Crippen LogP contribution in [0.2, 0.25) is 0 Å². The molecule has 2 aliphatic rings. The highest BCUT2D eigenvalue weighted by molar-refractivity contribution is 6.35. The number of aromatic nitrogens is 2. The summed E-state index contributed by atoms with van der Waals surface area (Å²) in [5.41, 5.74) is 4.02. The summed E-state index contributed by atoms with van der Waals surface area (Å²) in [5, 5.41) is 8.82. The first-order valence-corrected chi connectivity index (χ1v) is 14.5. The first kappa shape index (κ1) is 29.9. The van der Waals surface area contributed by atoms with Crippen LogP contribution >= 0.6 is 0 Å². The van der Waals surface area contributed by atoms with E-state index in [1.54, 1.807) is 42.7 Å². The van der Waals surface area contributed by atoms with E-state index in [4.69, 9.17) is 4.74 Å². The Hall–Kier alpha value is -5.10. The zero-order chi connectivity index (χ0) is 31.7. The molecule has 0 aliphatic carbocycles. The number of hydrogen-bond donors (Lipinski definition) is 4. The SMILES string of the molecule is Cc1nc[nH]c1C=C1C(=O)Nc2cc(Nc3cccc(NC(=O)c4cc(OC5CCN(C)CC5)cc(C(F)(F)F)c4)c3)ccc21. The van der Waals surface area contributed by atoms with Gasteiger partial charge in [-0.25, -0.2) is 4.98 Å². The monoisotopic (exact) mass is 616 g/mol. The lowest BCUT2D eigenvalue weighted by Gasteiger charge is -2.29. The zero-order valence-corrected chi connectivity index (χ0v) is 24.6. The molecule has 232 valence electrons. The van der Waals surface area contributed by atoms with Crippen molar-refractivity contribution in [2.24, 2.45) is 0 Å². The van der Waals surface area contributed by atoms with Crippen molar-refractivity contribution in [1.82, 2.24) is 14.9 Å². The maximum atomic E-state index is 13.7. The summed E-state index contributed by atoms with van der Waals surface area (Å²) < 4.78 is 47.1. The Morgan fingerprint density at radius 3 is 2.53 bits per heavy atom. The molecule has 3 heterocycles. The van der Waals surface area contributed by atoms with Crippen LogP contribution in [-0.2, 0) is 11.0 Å². The third-order valence-electron chi connectivity index (χ3n) is 7.83. The molecule has 2 amide bonds. The molecule has 1 saturated heterocycles. The predicted molar refractivity (Wildman–Crippen MR) is 167 cm³/mol. The average molecular weight is 617 g/mol. The Labute approximate surface area is 257 Å². The van der Waals surface area contributed by atoms with Gasteiger partial charge in [0.1, 0.15) is 11.9 Å². The Morgan fingerprint density at radius 1 is 1.04 bits per heavy atom. The van der Waals surface area contributed by atoms with Crippen LogP contribution in [0.5, 0.6) is 5.75 Å². The lowest BCUT2D eigenvalue weighted by molar-refractivity contribution is -0.137.